The lowest BCUT2D eigenvalue weighted by Crippen LogP contribution is -2.31. The average molecular weight is 280 g/mol. The maximum Gasteiger partial charge on any atom is 0.161 e. The van der Waals surface area contributed by atoms with Crippen LogP contribution in [0.15, 0.2) is 18.2 Å². The monoisotopic (exact) mass is 280 g/mol. The summed E-state index contributed by atoms with van der Waals surface area (Å²) in [4.78, 5) is 2.41. The number of ether oxygens (including phenoxy) is 2. The van der Waals surface area contributed by atoms with E-state index >= 15 is 0 Å². The SMILES string of the molecule is CCOc1ccc(CNCCN(CC)CC)cc1OC. The molecule has 0 aliphatic carbocycles. The van der Waals surface area contributed by atoms with E-state index in [0.29, 0.717) is 6.61 Å². The van der Waals surface area contributed by atoms with E-state index in [1.807, 2.05) is 19.1 Å². The number of benzene rings is 1. The van der Waals surface area contributed by atoms with Crippen molar-refractivity contribution >= 4 is 0 Å². The normalized spacial score (nSPS) is 10.8. The molecule has 4 heteroatoms. The molecule has 0 fully saturated rings. The summed E-state index contributed by atoms with van der Waals surface area (Å²) in [6.07, 6.45) is 0. The number of nitrogens with one attached hydrogen (secondary N) is 1. The van der Waals surface area contributed by atoms with Gasteiger partial charge in [-0.25, -0.2) is 0 Å². The zero-order valence-electron chi connectivity index (χ0n) is 13.2. The molecule has 4 nitrogen and oxygen atoms in total. The molecule has 0 heterocycles. The van der Waals surface area contributed by atoms with Crippen molar-refractivity contribution in [2.24, 2.45) is 0 Å². The first-order chi connectivity index (χ1) is 9.74. The van der Waals surface area contributed by atoms with Gasteiger partial charge in [0.15, 0.2) is 11.5 Å². The lowest BCUT2D eigenvalue weighted by atomic mass is 10.2. The fraction of sp³-hybridized carbons (Fsp3) is 0.625. The molecule has 0 aliphatic heterocycles. The molecule has 0 aromatic heterocycles. The summed E-state index contributed by atoms with van der Waals surface area (Å²) in [5.41, 5.74) is 1.21. The molecule has 0 spiro atoms. The van der Waals surface area contributed by atoms with Crippen LogP contribution >= 0.6 is 0 Å². The Morgan fingerprint density at radius 1 is 1.10 bits per heavy atom. The third kappa shape index (κ3) is 5.39. The predicted molar refractivity (Wildman–Crippen MR) is 83.7 cm³/mol. The minimum atomic E-state index is 0.651. The lowest BCUT2D eigenvalue weighted by Gasteiger charge is -2.18. The standard InChI is InChI=1S/C16H28N2O2/c1-5-18(6-2)11-10-17-13-14-8-9-15(20-7-3)16(12-14)19-4/h8-9,12,17H,5-7,10-11,13H2,1-4H3. The second-order valence-corrected chi connectivity index (χ2v) is 4.62. The van der Waals surface area contributed by atoms with Crippen molar-refractivity contribution in [3.05, 3.63) is 23.8 Å². The van der Waals surface area contributed by atoms with Gasteiger partial charge in [0.1, 0.15) is 0 Å². The van der Waals surface area contributed by atoms with E-state index in [4.69, 9.17) is 9.47 Å². The van der Waals surface area contributed by atoms with E-state index < -0.39 is 0 Å². The molecule has 0 unspecified atom stereocenters. The number of hydrogen-bond donors (Lipinski definition) is 1. The fourth-order valence-corrected chi connectivity index (χ4v) is 2.11. The van der Waals surface area contributed by atoms with Gasteiger partial charge in [-0.05, 0) is 37.7 Å². The second kappa shape index (κ2) is 9.61. The number of rotatable bonds is 10. The van der Waals surface area contributed by atoms with Gasteiger partial charge >= 0.3 is 0 Å². The molecule has 0 radical (unpaired) electrons. The van der Waals surface area contributed by atoms with Gasteiger partial charge in [-0.15, -0.1) is 0 Å². The number of methoxy groups -OCH3 is 1. The Balaban J connectivity index is 2.44. The molecular weight excluding hydrogens is 252 g/mol. The van der Waals surface area contributed by atoms with Gasteiger partial charge in [-0.1, -0.05) is 19.9 Å². The number of likely N-dealkylation sites (N-methyl/N-ethyl adjacent to an activating group) is 1. The van der Waals surface area contributed by atoms with Crippen LogP contribution in [0, 0.1) is 0 Å². The number of hydrogen-bond acceptors (Lipinski definition) is 4. The van der Waals surface area contributed by atoms with Gasteiger partial charge < -0.3 is 19.7 Å². The van der Waals surface area contributed by atoms with Crippen LogP contribution in [-0.2, 0) is 6.54 Å². The van der Waals surface area contributed by atoms with Crippen LogP contribution < -0.4 is 14.8 Å². The molecule has 1 rings (SSSR count). The van der Waals surface area contributed by atoms with Crippen molar-refractivity contribution in [1.82, 2.24) is 10.2 Å². The van der Waals surface area contributed by atoms with Crippen molar-refractivity contribution in [2.45, 2.75) is 27.3 Å². The quantitative estimate of drug-likeness (QED) is 0.668. The minimum absolute atomic E-state index is 0.651. The summed E-state index contributed by atoms with van der Waals surface area (Å²) in [6, 6.07) is 6.09. The Bertz CT molecular complexity index is 379. The minimum Gasteiger partial charge on any atom is -0.493 e. The zero-order valence-corrected chi connectivity index (χ0v) is 13.2. The second-order valence-electron chi connectivity index (χ2n) is 4.62. The smallest absolute Gasteiger partial charge is 0.161 e. The molecule has 0 amide bonds. The van der Waals surface area contributed by atoms with Gasteiger partial charge in [0.05, 0.1) is 13.7 Å². The summed E-state index contributed by atoms with van der Waals surface area (Å²) in [5.74, 6) is 1.61. The largest absolute Gasteiger partial charge is 0.493 e. The highest BCUT2D eigenvalue weighted by Gasteiger charge is 2.05. The van der Waals surface area contributed by atoms with Crippen LogP contribution in [0.3, 0.4) is 0 Å². The molecule has 20 heavy (non-hydrogen) atoms. The average Bonchev–Trinajstić information content (AvgIpc) is 2.49. The molecule has 0 saturated heterocycles. The van der Waals surface area contributed by atoms with E-state index in [-0.39, 0.29) is 0 Å². The van der Waals surface area contributed by atoms with Crippen LogP contribution in [0.4, 0.5) is 0 Å². The summed E-state index contributed by atoms with van der Waals surface area (Å²) >= 11 is 0. The summed E-state index contributed by atoms with van der Waals surface area (Å²) in [5, 5.41) is 3.47. The van der Waals surface area contributed by atoms with Crippen molar-refractivity contribution in [1.29, 1.82) is 0 Å². The Kier molecular flexibility index (Phi) is 8.07. The lowest BCUT2D eigenvalue weighted by molar-refractivity contribution is 0.302. The maximum atomic E-state index is 5.52. The molecule has 0 bridgehead atoms. The first kappa shape index (κ1) is 16.8. The maximum absolute atomic E-state index is 5.52. The van der Waals surface area contributed by atoms with Crippen LogP contribution in [0.1, 0.15) is 26.3 Å². The zero-order chi connectivity index (χ0) is 14.8. The van der Waals surface area contributed by atoms with Gasteiger partial charge in [0, 0.05) is 19.6 Å². The van der Waals surface area contributed by atoms with E-state index in [2.05, 4.69) is 30.1 Å². The highest BCUT2D eigenvalue weighted by atomic mass is 16.5. The molecule has 1 aromatic rings. The van der Waals surface area contributed by atoms with E-state index in [0.717, 1.165) is 44.2 Å². The first-order valence-corrected chi connectivity index (χ1v) is 7.47. The van der Waals surface area contributed by atoms with E-state index in [9.17, 15) is 0 Å². The molecule has 1 N–H and O–H groups in total. The molecule has 0 atom stereocenters. The highest BCUT2D eigenvalue weighted by molar-refractivity contribution is 5.42. The molecule has 0 aliphatic rings. The Morgan fingerprint density at radius 2 is 1.85 bits per heavy atom. The Morgan fingerprint density at radius 3 is 2.45 bits per heavy atom. The van der Waals surface area contributed by atoms with Gasteiger partial charge in [-0.3, -0.25) is 0 Å². The highest BCUT2D eigenvalue weighted by Crippen LogP contribution is 2.27. The van der Waals surface area contributed by atoms with Crippen molar-refractivity contribution in [3.63, 3.8) is 0 Å². The fourth-order valence-electron chi connectivity index (χ4n) is 2.11. The van der Waals surface area contributed by atoms with Gasteiger partial charge in [-0.2, -0.15) is 0 Å². The van der Waals surface area contributed by atoms with Crippen LogP contribution in [-0.4, -0.2) is 44.8 Å². The van der Waals surface area contributed by atoms with Crippen molar-refractivity contribution < 1.29 is 9.47 Å². The van der Waals surface area contributed by atoms with Gasteiger partial charge in [0.25, 0.3) is 0 Å². The van der Waals surface area contributed by atoms with Crippen LogP contribution in [0.5, 0.6) is 11.5 Å². The summed E-state index contributed by atoms with van der Waals surface area (Å²) in [7, 11) is 1.68. The summed E-state index contributed by atoms with van der Waals surface area (Å²) in [6.45, 7) is 12.2. The third-order valence-corrected chi connectivity index (χ3v) is 3.36. The first-order valence-electron chi connectivity index (χ1n) is 7.47. The molecule has 0 saturated carbocycles. The van der Waals surface area contributed by atoms with Crippen molar-refractivity contribution in [3.8, 4) is 11.5 Å². The van der Waals surface area contributed by atoms with E-state index in [1.54, 1.807) is 7.11 Å². The van der Waals surface area contributed by atoms with Gasteiger partial charge in [0.2, 0.25) is 0 Å². The van der Waals surface area contributed by atoms with E-state index in [1.165, 1.54) is 5.56 Å². The van der Waals surface area contributed by atoms with Crippen molar-refractivity contribution in [2.75, 3.05) is 39.9 Å². The van der Waals surface area contributed by atoms with Crippen LogP contribution in [0.2, 0.25) is 0 Å². The number of nitrogens with zero attached hydrogens (tertiary/aromatic N) is 1. The molecule has 1 aromatic carbocycles. The Labute approximate surface area is 123 Å². The topological polar surface area (TPSA) is 33.7 Å². The third-order valence-electron chi connectivity index (χ3n) is 3.36. The van der Waals surface area contributed by atoms with Crippen LogP contribution in [0.25, 0.3) is 0 Å². The summed E-state index contributed by atoms with van der Waals surface area (Å²) < 4.78 is 10.9. The predicted octanol–water partition coefficient (Wildman–Crippen LogP) is 2.53. The molecular formula is C16H28N2O2. The Hall–Kier alpha value is -1.26. The molecule has 114 valence electrons.